The van der Waals surface area contributed by atoms with Crippen molar-refractivity contribution >= 4 is 5.91 Å². The average Bonchev–Trinajstić information content (AvgIpc) is 2.34. The minimum atomic E-state index is -0.483. The van der Waals surface area contributed by atoms with Gasteiger partial charge in [-0.1, -0.05) is 13.3 Å². The van der Waals surface area contributed by atoms with Crippen LogP contribution in [0.1, 0.15) is 30.1 Å². The van der Waals surface area contributed by atoms with Crippen molar-refractivity contribution in [2.75, 3.05) is 19.7 Å². The van der Waals surface area contributed by atoms with E-state index in [2.05, 4.69) is 4.42 Å². The lowest BCUT2D eigenvalue weighted by Crippen LogP contribution is -2.34. The molecule has 1 heterocycles. The minimum Gasteiger partial charge on any atom is -0.430 e. The topological polar surface area (TPSA) is 70.8 Å². The van der Waals surface area contributed by atoms with Crippen molar-refractivity contribution in [2.24, 2.45) is 0 Å². The molecule has 0 fully saturated rings. The number of hydrogen-bond acceptors (Lipinski definition) is 4. The standard InChI is InChI=1S/C12H17NO4/c1-2-3-6-13(7-8-14)12(16)10-4-5-11(15)17-9-10/h4-5,9,14H,2-3,6-8H2,1H3. The molecular formula is C12H17NO4. The normalized spacial score (nSPS) is 10.2. The van der Waals surface area contributed by atoms with Gasteiger partial charge in [0.2, 0.25) is 0 Å². The lowest BCUT2D eigenvalue weighted by atomic mass is 10.2. The van der Waals surface area contributed by atoms with Crippen LogP contribution in [0.15, 0.2) is 27.6 Å². The van der Waals surface area contributed by atoms with Crippen molar-refractivity contribution in [3.8, 4) is 0 Å². The van der Waals surface area contributed by atoms with E-state index in [1.165, 1.54) is 12.1 Å². The van der Waals surface area contributed by atoms with Crippen LogP contribution in [-0.2, 0) is 0 Å². The molecule has 0 saturated heterocycles. The second-order valence-corrected chi connectivity index (χ2v) is 3.71. The second-order valence-electron chi connectivity index (χ2n) is 3.71. The smallest absolute Gasteiger partial charge is 0.335 e. The molecule has 0 atom stereocenters. The summed E-state index contributed by atoms with van der Waals surface area (Å²) in [4.78, 5) is 24.3. The van der Waals surface area contributed by atoms with Crippen molar-refractivity contribution < 1.29 is 14.3 Å². The van der Waals surface area contributed by atoms with E-state index in [9.17, 15) is 9.59 Å². The largest absolute Gasteiger partial charge is 0.430 e. The van der Waals surface area contributed by atoms with Crippen LogP contribution in [0.25, 0.3) is 0 Å². The highest BCUT2D eigenvalue weighted by molar-refractivity contribution is 5.93. The molecule has 5 nitrogen and oxygen atoms in total. The number of amides is 1. The first kappa shape index (κ1) is 13.4. The summed E-state index contributed by atoms with van der Waals surface area (Å²) in [6.45, 7) is 2.84. The zero-order chi connectivity index (χ0) is 12.7. The quantitative estimate of drug-likeness (QED) is 0.799. The summed E-state index contributed by atoms with van der Waals surface area (Å²) in [7, 11) is 0. The molecule has 1 aromatic heterocycles. The predicted octanol–water partition coefficient (Wildman–Crippen LogP) is 0.874. The van der Waals surface area contributed by atoms with E-state index in [4.69, 9.17) is 5.11 Å². The van der Waals surface area contributed by atoms with Gasteiger partial charge < -0.3 is 14.4 Å². The summed E-state index contributed by atoms with van der Waals surface area (Å²) in [5.74, 6) is -0.226. The summed E-state index contributed by atoms with van der Waals surface area (Å²) in [6, 6.07) is 2.65. The monoisotopic (exact) mass is 239 g/mol. The van der Waals surface area contributed by atoms with E-state index in [1.54, 1.807) is 4.90 Å². The Bertz CT molecular complexity index is 393. The van der Waals surface area contributed by atoms with Crippen LogP contribution in [0.5, 0.6) is 0 Å². The fourth-order valence-corrected chi connectivity index (χ4v) is 1.45. The molecule has 0 aliphatic rings. The molecule has 1 amide bonds. The third-order valence-corrected chi connectivity index (χ3v) is 2.39. The maximum absolute atomic E-state index is 12.0. The molecule has 1 rings (SSSR count). The molecule has 0 bridgehead atoms. The van der Waals surface area contributed by atoms with Gasteiger partial charge in [0.05, 0.1) is 12.2 Å². The van der Waals surface area contributed by atoms with E-state index in [1.807, 2.05) is 6.92 Å². The lowest BCUT2D eigenvalue weighted by molar-refractivity contribution is 0.0716. The first-order valence-electron chi connectivity index (χ1n) is 5.68. The van der Waals surface area contributed by atoms with E-state index >= 15 is 0 Å². The first-order chi connectivity index (χ1) is 8.19. The number of aliphatic hydroxyl groups excluding tert-OH is 1. The molecule has 5 heteroatoms. The van der Waals surface area contributed by atoms with Crippen LogP contribution in [-0.4, -0.2) is 35.6 Å². The van der Waals surface area contributed by atoms with Gasteiger partial charge in [-0.15, -0.1) is 0 Å². The van der Waals surface area contributed by atoms with Crippen LogP contribution in [0, 0.1) is 0 Å². The number of unbranched alkanes of at least 4 members (excludes halogenated alkanes) is 1. The van der Waals surface area contributed by atoms with Crippen LogP contribution in [0.2, 0.25) is 0 Å². The first-order valence-corrected chi connectivity index (χ1v) is 5.68. The molecule has 94 valence electrons. The zero-order valence-corrected chi connectivity index (χ0v) is 9.89. The molecule has 0 unspecified atom stereocenters. The maximum atomic E-state index is 12.0. The number of carbonyl (C=O) groups excluding carboxylic acids is 1. The summed E-state index contributed by atoms with van der Waals surface area (Å²) >= 11 is 0. The Balaban J connectivity index is 2.75. The third-order valence-electron chi connectivity index (χ3n) is 2.39. The minimum absolute atomic E-state index is 0.0771. The van der Waals surface area contributed by atoms with Gasteiger partial charge in [0.1, 0.15) is 6.26 Å². The molecule has 0 spiro atoms. The molecule has 0 radical (unpaired) electrons. The van der Waals surface area contributed by atoms with Gasteiger partial charge >= 0.3 is 5.63 Å². The molecule has 0 aliphatic carbocycles. The highest BCUT2D eigenvalue weighted by Gasteiger charge is 2.15. The Morgan fingerprint density at radius 2 is 2.18 bits per heavy atom. The van der Waals surface area contributed by atoms with Crippen LogP contribution >= 0.6 is 0 Å². The van der Waals surface area contributed by atoms with E-state index in [0.717, 1.165) is 19.1 Å². The fourth-order valence-electron chi connectivity index (χ4n) is 1.45. The molecular weight excluding hydrogens is 222 g/mol. The lowest BCUT2D eigenvalue weighted by Gasteiger charge is -2.21. The van der Waals surface area contributed by atoms with E-state index in [-0.39, 0.29) is 19.1 Å². The highest BCUT2D eigenvalue weighted by Crippen LogP contribution is 2.04. The maximum Gasteiger partial charge on any atom is 0.335 e. The predicted molar refractivity (Wildman–Crippen MR) is 62.9 cm³/mol. The number of hydrogen-bond donors (Lipinski definition) is 1. The van der Waals surface area contributed by atoms with Crippen LogP contribution < -0.4 is 5.63 Å². The molecule has 17 heavy (non-hydrogen) atoms. The van der Waals surface area contributed by atoms with Crippen molar-refractivity contribution in [3.05, 3.63) is 34.4 Å². The Hall–Kier alpha value is -1.62. The van der Waals surface area contributed by atoms with Crippen LogP contribution in [0.3, 0.4) is 0 Å². The van der Waals surface area contributed by atoms with Gasteiger partial charge in [0.25, 0.3) is 5.91 Å². The summed E-state index contributed by atoms with van der Waals surface area (Å²) in [5, 5.41) is 8.91. The van der Waals surface area contributed by atoms with E-state index in [0.29, 0.717) is 12.1 Å². The molecule has 0 saturated carbocycles. The Morgan fingerprint density at radius 3 is 2.71 bits per heavy atom. The molecule has 0 aromatic carbocycles. The molecule has 1 aromatic rings. The summed E-state index contributed by atoms with van der Waals surface area (Å²) < 4.78 is 4.65. The Labute approximate surface area is 99.7 Å². The Morgan fingerprint density at radius 1 is 1.41 bits per heavy atom. The van der Waals surface area contributed by atoms with Gasteiger partial charge in [0, 0.05) is 19.2 Å². The molecule has 1 N–H and O–H groups in total. The fraction of sp³-hybridized carbons (Fsp3) is 0.500. The highest BCUT2D eigenvalue weighted by atomic mass is 16.4. The summed E-state index contributed by atoms with van der Waals surface area (Å²) in [6.07, 6.45) is 3.00. The van der Waals surface area contributed by atoms with Crippen molar-refractivity contribution in [1.82, 2.24) is 4.90 Å². The number of carbonyl (C=O) groups is 1. The van der Waals surface area contributed by atoms with Gasteiger partial charge in [-0.05, 0) is 12.5 Å². The van der Waals surface area contributed by atoms with Gasteiger partial charge in [0.15, 0.2) is 0 Å². The number of aliphatic hydroxyl groups is 1. The van der Waals surface area contributed by atoms with Crippen molar-refractivity contribution in [2.45, 2.75) is 19.8 Å². The van der Waals surface area contributed by atoms with Gasteiger partial charge in [-0.2, -0.15) is 0 Å². The summed E-state index contributed by atoms with van der Waals surface area (Å²) in [5.41, 5.74) is -0.155. The van der Waals surface area contributed by atoms with Gasteiger partial charge in [-0.3, -0.25) is 4.79 Å². The van der Waals surface area contributed by atoms with Crippen LogP contribution in [0.4, 0.5) is 0 Å². The second kappa shape index (κ2) is 6.85. The zero-order valence-electron chi connectivity index (χ0n) is 9.89. The van der Waals surface area contributed by atoms with Crippen molar-refractivity contribution in [3.63, 3.8) is 0 Å². The van der Waals surface area contributed by atoms with E-state index < -0.39 is 5.63 Å². The Kier molecular flexibility index (Phi) is 5.42. The third kappa shape index (κ3) is 4.03. The van der Waals surface area contributed by atoms with Crippen molar-refractivity contribution in [1.29, 1.82) is 0 Å². The average molecular weight is 239 g/mol. The number of nitrogens with zero attached hydrogens (tertiary/aromatic N) is 1. The number of rotatable bonds is 6. The molecule has 0 aliphatic heterocycles. The SMILES string of the molecule is CCCCN(CCO)C(=O)c1ccc(=O)oc1. The van der Waals surface area contributed by atoms with Gasteiger partial charge in [-0.25, -0.2) is 4.79 Å².